The van der Waals surface area contributed by atoms with Crippen LogP contribution in [-0.4, -0.2) is 41.3 Å². The Bertz CT molecular complexity index is 916. The molecule has 1 saturated heterocycles. The third kappa shape index (κ3) is 3.19. The predicted octanol–water partition coefficient (Wildman–Crippen LogP) is 2.40. The van der Waals surface area contributed by atoms with Crippen molar-refractivity contribution in [2.45, 2.75) is 43.4 Å². The molecule has 7 nitrogen and oxygen atoms in total. The number of nitrogens with zero attached hydrogens (tertiary/aromatic N) is 3. The molecule has 26 heavy (non-hydrogen) atoms. The first-order valence-electron chi connectivity index (χ1n) is 8.91. The standard InChI is InChI=1S/C17H22N4O3S2/c1-20-11-12(26(23,24)21-8-4-5-9-21)10-14(20)16(22)19-17-18-13-6-2-3-7-15(13)25-17/h10-11H,2-9H2,1H3,(H,18,19,22). The summed E-state index contributed by atoms with van der Waals surface area (Å²) in [6.45, 7) is 1.09. The number of anilines is 1. The van der Waals surface area contributed by atoms with Gasteiger partial charge in [-0.1, -0.05) is 0 Å². The molecule has 2 aliphatic rings. The quantitative estimate of drug-likeness (QED) is 0.863. The predicted molar refractivity (Wildman–Crippen MR) is 100 cm³/mol. The second-order valence-electron chi connectivity index (χ2n) is 6.83. The van der Waals surface area contributed by atoms with E-state index in [-0.39, 0.29) is 10.8 Å². The summed E-state index contributed by atoms with van der Waals surface area (Å²) >= 11 is 1.52. The zero-order valence-corrected chi connectivity index (χ0v) is 16.3. The van der Waals surface area contributed by atoms with Crippen molar-refractivity contribution in [1.82, 2.24) is 13.9 Å². The number of hydrogen-bond donors (Lipinski definition) is 1. The summed E-state index contributed by atoms with van der Waals surface area (Å²) in [5.74, 6) is -0.332. The molecule has 9 heteroatoms. The number of fused-ring (bicyclic) bond motifs is 1. The highest BCUT2D eigenvalue weighted by Gasteiger charge is 2.29. The zero-order valence-electron chi connectivity index (χ0n) is 14.7. The highest BCUT2D eigenvalue weighted by Crippen LogP contribution is 2.30. The first-order valence-corrected chi connectivity index (χ1v) is 11.2. The van der Waals surface area contributed by atoms with E-state index in [9.17, 15) is 13.2 Å². The molecule has 4 rings (SSSR count). The van der Waals surface area contributed by atoms with E-state index in [0.29, 0.717) is 23.9 Å². The Morgan fingerprint density at radius 2 is 1.92 bits per heavy atom. The molecule has 0 radical (unpaired) electrons. The van der Waals surface area contributed by atoms with Crippen LogP contribution in [0.25, 0.3) is 0 Å². The van der Waals surface area contributed by atoms with E-state index >= 15 is 0 Å². The van der Waals surface area contributed by atoms with Crippen LogP contribution in [0.3, 0.4) is 0 Å². The number of nitrogens with one attached hydrogen (secondary N) is 1. The topological polar surface area (TPSA) is 84.3 Å². The van der Waals surface area contributed by atoms with Gasteiger partial charge in [0.15, 0.2) is 5.13 Å². The molecule has 1 aliphatic heterocycles. The third-order valence-electron chi connectivity index (χ3n) is 4.98. The van der Waals surface area contributed by atoms with Gasteiger partial charge >= 0.3 is 0 Å². The molecule has 0 saturated carbocycles. The van der Waals surface area contributed by atoms with Gasteiger partial charge in [0, 0.05) is 31.2 Å². The molecule has 3 heterocycles. The summed E-state index contributed by atoms with van der Waals surface area (Å²) in [4.78, 5) is 18.6. The minimum Gasteiger partial charge on any atom is -0.345 e. The Kier molecular flexibility index (Phi) is 4.62. The second-order valence-corrected chi connectivity index (χ2v) is 9.85. The zero-order chi connectivity index (χ0) is 18.3. The molecule has 0 aromatic carbocycles. The number of carbonyl (C=O) groups excluding carboxylic acids is 1. The Hall–Kier alpha value is -1.71. The number of carbonyl (C=O) groups is 1. The summed E-state index contributed by atoms with van der Waals surface area (Å²) < 4.78 is 28.4. The van der Waals surface area contributed by atoms with Crippen LogP contribution in [0.2, 0.25) is 0 Å². The van der Waals surface area contributed by atoms with Crippen LogP contribution in [-0.2, 0) is 29.9 Å². The van der Waals surface area contributed by atoms with Crippen LogP contribution in [0.1, 0.15) is 46.7 Å². The van der Waals surface area contributed by atoms with Crippen molar-refractivity contribution in [3.8, 4) is 0 Å². The molecule has 0 bridgehead atoms. The van der Waals surface area contributed by atoms with Gasteiger partial charge in [-0.25, -0.2) is 13.4 Å². The average Bonchev–Trinajstić information content (AvgIpc) is 3.33. The van der Waals surface area contributed by atoms with Crippen LogP contribution in [0.15, 0.2) is 17.2 Å². The van der Waals surface area contributed by atoms with Gasteiger partial charge in [-0.3, -0.25) is 10.1 Å². The van der Waals surface area contributed by atoms with Gasteiger partial charge < -0.3 is 4.57 Å². The molecule has 2 aromatic heterocycles. The maximum absolute atomic E-state index is 12.7. The van der Waals surface area contributed by atoms with E-state index in [2.05, 4.69) is 10.3 Å². The van der Waals surface area contributed by atoms with Crippen molar-refractivity contribution in [2.24, 2.45) is 7.05 Å². The largest absolute Gasteiger partial charge is 0.345 e. The van der Waals surface area contributed by atoms with Crippen LogP contribution in [0.5, 0.6) is 0 Å². The summed E-state index contributed by atoms with van der Waals surface area (Å²) in [6.07, 6.45) is 7.56. The maximum Gasteiger partial charge on any atom is 0.274 e. The van der Waals surface area contributed by atoms with Crippen molar-refractivity contribution < 1.29 is 13.2 Å². The molecule has 0 unspecified atom stereocenters. The van der Waals surface area contributed by atoms with Gasteiger partial charge in [-0.05, 0) is 44.6 Å². The molecule has 140 valence electrons. The fourth-order valence-corrected chi connectivity index (χ4v) is 6.18. The van der Waals surface area contributed by atoms with E-state index in [1.807, 2.05) is 0 Å². The van der Waals surface area contributed by atoms with Crippen molar-refractivity contribution in [3.63, 3.8) is 0 Å². The molecule has 0 spiro atoms. The Labute approximate surface area is 157 Å². The number of sulfonamides is 1. The molecular weight excluding hydrogens is 372 g/mol. The van der Waals surface area contributed by atoms with Crippen molar-refractivity contribution in [1.29, 1.82) is 0 Å². The smallest absolute Gasteiger partial charge is 0.274 e. The average molecular weight is 395 g/mol. The van der Waals surface area contributed by atoms with Crippen LogP contribution < -0.4 is 5.32 Å². The third-order valence-corrected chi connectivity index (χ3v) is 7.92. The first kappa shape index (κ1) is 17.7. The molecule has 1 fully saturated rings. The fraction of sp³-hybridized carbons (Fsp3) is 0.529. The summed E-state index contributed by atoms with van der Waals surface area (Å²) in [6, 6.07) is 1.45. The van der Waals surface area contributed by atoms with E-state index in [0.717, 1.165) is 44.2 Å². The van der Waals surface area contributed by atoms with Crippen LogP contribution in [0.4, 0.5) is 5.13 Å². The minimum absolute atomic E-state index is 0.172. The van der Waals surface area contributed by atoms with Crippen molar-refractivity contribution in [2.75, 3.05) is 18.4 Å². The number of aryl methyl sites for hydroxylation is 3. The normalized spacial score (nSPS) is 18.0. The van der Waals surface area contributed by atoms with E-state index < -0.39 is 10.0 Å². The lowest BCUT2D eigenvalue weighted by Crippen LogP contribution is -2.27. The monoisotopic (exact) mass is 394 g/mol. The number of thiazole rings is 1. The lowest BCUT2D eigenvalue weighted by molar-refractivity contribution is 0.101. The van der Waals surface area contributed by atoms with Crippen LogP contribution in [0, 0.1) is 0 Å². The number of aromatic nitrogens is 2. The Morgan fingerprint density at radius 1 is 1.19 bits per heavy atom. The number of amides is 1. The molecule has 1 amide bonds. The summed E-state index contributed by atoms with van der Waals surface area (Å²) in [7, 11) is -1.84. The van der Waals surface area contributed by atoms with Gasteiger partial charge in [0.25, 0.3) is 5.91 Å². The number of hydrogen-bond acceptors (Lipinski definition) is 5. The highest BCUT2D eigenvalue weighted by atomic mass is 32.2. The van der Waals surface area contributed by atoms with Gasteiger partial charge in [0.1, 0.15) is 10.6 Å². The van der Waals surface area contributed by atoms with E-state index in [4.69, 9.17) is 0 Å². The van der Waals surface area contributed by atoms with Crippen molar-refractivity contribution >= 4 is 32.4 Å². The van der Waals surface area contributed by atoms with Gasteiger partial charge in [-0.2, -0.15) is 4.31 Å². The van der Waals surface area contributed by atoms with Gasteiger partial charge in [0.05, 0.1) is 5.69 Å². The first-order chi connectivity index (χ1) is 12.4. The number of rotatable bonds is 4. The van der Waals surface area contributed by atoms with Gasteiger partial charge in [0.2, 0.25) is 10.0 Å². The molecule has 2 aromatic rings. The lowest BCUT2D eigenvalue weighted by Gasteiger charge is -2.13. The molecule has 0 atom stereocenters. The fourth-order valence-electron chi connectivity index (χ4n) is 3.55. The van der Waals surface area contributed by atoms with E-state index in [1.165, 1.54) is 32.8 Å². The Morgan fingerprint density at radius 3 is 2.65 bits per heavy atom. The maximum atomic E-state index is 12.7. The lowest BCUT2D eigenvalue weighted by atomic mass is 10.0. The van der Waals surface area contributed by atoms with E-state index in [1.54, 1.807) is 11.6 Å². The minimum atomic E-state index is -3.53. The van der Waals surface area contributed by atoms with Crippen LogP contribution >= 0.6 is 11.3 Å². The highest BCUT2D eigenvalue weighted by molar-refractivity contribution is 7.89. The summed E-state index contributed by atoms with van der Waals surface area (Å²) in [5.41, 5.74) is 1.40. The Balaban J connectivity index is 1.55. The SMILES string of the molecule is Cn1cc(S(=O)(=O)N2CCCC2)cc1C(=O)Nc1nc2c(s1)CCCC2. The summed E-state index contributed by atoms with van der Waals surface area (Å²) in [5, 5.41) is 3.42. The van der Waals surface area contributed by atoms with Gasteiger partial charge in [-0.15, -0.1) is 11.3 Å². The molecular formula is C17H22N4O3S2. The second kappa shape index (κ2) is 6.79. The molecule has 1 N–H and O–H groups in total. The molecule has 1 aliphatic carbocycles. The van der Waals surface area contributed by atoms with Crippen molar-refractivity contribution in [3.05, 3.63) is 28.5 Å².